The topological polar surface area (TPSA) is 13.1 Å². The molecule has 0 saturated heterocycles. The highest BCUT2D eigenvalue weighted by atomic mass is 16.5. The molecule has 17 heavy (non-hydrogen) atoms. The lowest BCUT2D eigenvalue weighted by Crippen LogP contribution is -2.33. The molecule has 0 aliphatic carbocycles. The number of aryl methyl sites for hydroxylation is 2. The molecule has 2 rings (SSSR count). The number of rotatable bonds is 3. The van der Waals surface area contributed by atoms with E-state index in [9.17, 15) is 0 Å². The maximum Gasteiger partial charge on any atom is 0.211 e. The molecule has 0 radical (unpaired) electrons. The van der Waals surface area contributed by atoms with Gasteiger partial charge in [-0.15, -0.1) is 0 Å². The van der Waals surface area contributed by atoms with Crippen molar-refractivity contribution in [1.82, 2.24) is 0 Å². The molecule has 0 amide bonds. The average molecular weight is 228 g/mol. The lowest BCUT2D eigenvalue weighted by Gasteiger charge is -2.03. The first-order valence-corrected chi connectivity index (χ1v) is 5.93. The van der Waals surface area contributed by atoms with E-state index >= 15 is 0 Å². The van der Waals surface area contributed by atoms with Gasteiger partial charge in [0.15, 0.2) is 11.9 Å². The molecule has 0 unspecified atom stereocenters. The average Bonchev–Trinajstić information content (AvgIpc) is 2.31. The molecule has 0 spiro atoms. The van der Waals surface area contributed by atoms with Crippen molar-refractivity contribution in [2.75, 3.05) is 6.61 Å². The lowest BCUT2D eigenvalue weighted by molar-refractivity contribution is -0.602. The maximum atomic E-state index is 5.44. The Labute approximate surface area is 102 Å². The van der Waals surface area contributed by atoms with Crippen LogP contribution in [0.3, 0.4) is 0 Å². The van der Waals surface area contributed by atoms with Crippen molar-refractivity contribution >= 4 is 0 Å². The quantitative estimate of drug-likeness (QED) is 0.736. The first-order chi connectivity index (χ1) is 8.20. The Morgan fingerprint density at radius 3 is 2.35 bits per heavy atom. The Balaban J connectivity index is 2.33. The molecule has 0 atom stereocenters. The maximum absolute atomic E-state index is 5.44. The van der Waals surface area contributed by atoms with Crippen LogP contribution in [-0.2, 0) is 0 Å². The van der Waals surface area contributed by atoms with Gasteiger partial charge in [0.1, 0.15) is 5.75 Å². The highest BCUT2D eigenvalue weighted by Gasteiger charge is 2.09. The fraction of sp³-hybridized carbons (Fsp3) is 0.267. The molecule has 1 aromatic carbocycles. The Hall–Kier alpha value is -1.83. The summed E-state index contributed by atoms with van der Waals surface area (Å²) in [5, 5.41) is 0. The number of hydrogen-bond donors (Lipinski definition) is 0. The summed E-state index contributed by atoms with van der Waals surface area (Å²) in [5.41, 5.74) is 3.67. The van der Waals surface area contributed by atoms with Crippen molar-refractivity contribution in [2.45, 2.75) is 20.8 Å². The summed E-state index contributed by atoms with van der Waals surface area (Å²) >= 11 is 0. The molecule has 88 valence electrons. The summed E-state index contributed by atoms with van der Waals surface area (Å²) < 4.78 is 7.61. The van der Waals surface area contributed by atoms with Crippen molar-refractivity contribution in [3.8, 4) is 11.4 Å². The van der Waals surface area contributed by atoms with Gasteiger partial charge in [-0.25, -0.2) is 0 Å². The number of ether oxygens (including phenoxy) is 1. The Morgan fingerprint density at radius 1 is 1.06 bits per heavy atom. The summed E-state index contributed by atoms with van der Waals surface area (Å²) in [7, 11) is 0. The molecule has 1 heterocycles. The SMILES string of the molecule is CCOc1ccc(-[n+]2ccc(C)cc2C)cc1. The number of pyridine rings is 1. The van der Waals surface area contributed by atoms with Gasteiger partial charge >= 0.3 is 0 Å². The van der Waals surface area contributed by atoms with Crippen LogP contribution in [0.4, 0.5) is 0 Å². The Bertz CT molecular complexity index is 503. The van der Waals surface area contributed by atoms with E-state index in [2.05, 4.69) is 48.9 Å². The van der Waals surface area contributed by atoms with E-state index in [0.29, 0.717) is 6.61 Å². The normalized spacial score (nSPS) is 10.3. The fourth-order valence-corrected chi connectivity index (χ4v) is 1.92. The van der Waals surface area contributed by atoms with Gasteiger partial charge in [-0.05, 0) is 31.5 Å². The van der Waals surface area contributed by atoms with E-state index in [1.807, 2.05) is 19.1 Å². The molecule has 0 bridgehead atoms. The zero-order valence-corrected chi connectivity index (χ0v) is 10.6. The van der Waals surface area contributed by atoms with Gasteiger partial charge in [0.2, 0.25) is 5.69 Å². The van der Waals surface area contributed by atoms with Crippen LogP contribution in [0.25, 0.3) is 5.69 Å². The van der Waals surface area contributed by atoms with Crippen molar-refractivity contribution in [3.05, 3.63) is 53.9 Å². The molecule has 0 N–H and O–H groups in total. The highest BCUT2D eigenvalue weighted by Crippen LogP contribution is 2.12. The molecular weight excluding hydrogens is 210 g/mol. The molecule has 1 aromatic heterocycles. The van der Waals surface area contributed by atoms with Crippen molar-refractivity contribution in [2.24, 2.45) is 0 Å². The Morgan fingerprint density at radius 2 is 1.76 bits per heavy atom. The number of benzene rings is 1. The summed E-state index contributed by atoms with van der Waals surface area (Å²) in [6, 6.07) is 12.5. The predicted octanol–water partition coefficient (Wildman–Crippen LogP) is 2.98. The van der Waals surface area contributed by atoms with Gasteiger partial charge in [0.05, 0.1) is 6.61 Å². The predicted molar refractivity (Wildman–Crippen MR) is 68.6 cm³/mol. The van der Waals surface area contributed by atoms with Crippen LogP contribution in [0.2, 0.25) is 0 Å². The number of aromatic nitrogens is 1. The summed E-state index contributed by atoms with van der Waals surface area (Å²) in [4.78, 5) is 0. The van der Waals surface area contributed by atoms with Gasteiger partial charge in [0.25, 0.3) is 0 Å². The van der Waals surface area contributed by atoms with Gasteiger partial charge in [-0.1, -0.05) is 0 Å². The Kier molecular flexibility index (Phi) is 3.43. The fourth-order valence-electron chi connectivity index (χ4n) is 1.92. The second-order valence-corrected chi connectivity index (χ2v) is 4.14. The molecule has 2 aromatic rings. The zero-order valence-electron chi connectivity index (χ0n) is 10.6. The van der Waals surface area contributed by atoms with Gasteiger partial charge in [-0.2, -0.15) is 4.57 Å². The third-order valence-electron chi connectivity index (χ3n) is 2.73. The van der Waals surface area contributed by atoms with Crippen molar-refractivity contribution in [3.63, 3.8) is 0 Å². The summed E-state index contributed by atoms with van der Waals surface area (Å²) in [5.74, 6) is 0.918. The van der Waals surface area contributed by atoms with Crippen LogP contribution in [0.1, 0.15) is 18.2 Å². The molecule has 2 heteroatoms. The first-order valence-electron chi connectivity index (χ1n) is 5.93. The van der Waals surface area contributed by atoms with Gasteiger partial charge in [-0.3, -0.25) is 0 Å². The third-order valence-corrected chi connectivity index (χ3v) is 2.73. The third kappa shape index (κ3) is 2.64. The lowest BCUT2D eigenvalue weighted by atomic mass is 10.2. The van der Waals surface area contributed by atoms with Crippen molar-refractivity contribution < 1.29 is 9.30 Å². The minimum atomic E-state index is 0.704. The zero-order chi connectivity index (χ0) is 12.3. The van der Waals surface area contributed by atoms with Gasteiger partial charge < -0.3 is 4.74 Å². The van der Waals surface area contributed by atoms with E-state index in [1.165, 1.54) is 11.3 Å². The van der Waals surface area contributed by atoms with Crippen LogP contribution < -0.4 is 9.30 Å². The van der Waals surface area contributed by atoms with E-state index in [0.717, 1.165) is 11.4 Å². The monoisotopic (exact) mass is 228 g/mol. The van der Waals surface area contributed by atoms with Crippen molar-refractivity contribution in [1.29, 1.82) is 0 Å². The molecule has 0 aliphatic rings. The summed E-state index contributed by atoms with van der Waals surface area (Å²) in [6.07, 6.45) is 2.10. The molecule has 0 saturated carbocycles. The van der Waals surface area contributed by atoms with Crippen LogP contribution in [-0.4, -0.2) is 6.61 Å². The van der Waals surface area contributed by atoms with E-state index < -0.39 is 0 Å². The smallest absolute Gasteiger partial charge is 0.211 e. The van der Waals surface area contributed by atoms with E-state index in [-0.39, 0.29) is 0 Å². The molecule has 0 aliphatic heterocycles. The minimum absolute atomic E-state index is 0.704. The van der Waals surface area contributed by atoms with Crippen LogP contribution >= 0.6 is 0 Å². The second-order valence-electron chi connectivity index (χ2n) is 4.14. The largest absolute Gasteiger partial charge is 0.494 e. The van der Waals surface area contributed by atoms with Crippen LogP contribution in [0.5, 0.6) is 5.75 Å². The van der Waals surface area contributed by atoms with E-state index in [4.69, 9.17) is 4.74 Å². The second kappa shape index (κ2) is 5.00. The number of hydrogen-bond acceptors (Lipinski definition) is 1. The first kappa shape index (κ1) is 11.6. The molecular formula is C15H18NO+. The van der Waals surface area contributed by atoms with Crippen LogP contribution in [0.15, 0.2) is 42.6 Å². The molecule has 2 nitrogen and oxygen atoms in total. The minimum Gasteiger partial charge on any atom is -0.494 e. The van der Waals surface area contributed by atoms with Gasteiger partial charge in [0, 0.05) is 31.2 Å². The highest BCUT2D eigenvalue weighted by molar-refractivity contribution is 5.32. The number of nitrogens with zero attached hydrogens (tertiary/aromatic N) is 1. The van der Waals surface area contributed by atoms with E-state index in [1.54, 1.807) is 0 Å². The standard InChI is InChI=1S/C15H18NO/c1-4-17-15-7-5-14(6-8-15)16-10-9-12(2)11-13(16)3/h5-11H,4H2,1-3H3/q+1. The van der Waals surface area contributed by atoms with Crippen LogP contribution in [0, 0.1) is 13.8 Å². The molecule has 0 fully saturated rings. The summed E-state index contributed by atoms with van der Waals surface area (Å²) in [6.45, 7) is 6.92.